The number of halogens is 1. The lowest BCUT2D eigenvalue weighted by Gasteiger charge is -2.05. The van der Waals surface area contributed by atoms with Crippen molar-refractivity contribution in [1.82, 2.24) is 9.55 Å². The van der Waals surface area contributed by atoms with Gasteiger partial charge in [0, 0.05) is 30.0 Å². The maximum absolute atomic E-state index is 12.6. The molecule has 4 nitrogen and oxygen atoms in total. The lowest BCUT2D eigenvalue weighted by atomic mass is 10.1. The second-order valence-corrected chi connectivity index (χ2v) is 5.57. The molecule has 5 heteroatoms. The van der Waals surface area contributed by atoms with Gasteiger partial charge in [0.25, 0.3) is 0 Å². The van der Waals surface area contributed by atoms with Gasteiger partial charge in [0.15, 0.2) is 0 Å². The van der Waals surface area contributed by atoms with Crippen LogP contribution in [0.2, 0.25) is 5.02 Å². The lowest BCUT2D eigenvalue weighted by Crippen LogP contribution is -2.04. The van der Waals surface area contributed by atoms with E-state index >= 15 is 0 Å². The molecule has 0 N–H and O–H groups in total. The second-order valence-electron chi connectivity index (χ2n) is 5.14. The van der Waals surface area contributed by atoms with Gasteiger partial charge in [0.05, 0.1) is 17.1 Å². The Morgan fingerprint density at radius 1 is 1.09 bits per heavy atom. The Kier molecular flexibility index (Phi) is 2.98. The number of hydrogen-bond donors (Lipinski definition) is 0. The van der Waals surface area contributed by atoms with Gasteiger partial charge in [-0.15, -0.1) is 0 Å². The first kappa shape index (κ1) is 13.1. The van der Waals surface area contributed by atoms with E-state index in [4.69, 9.17) is 16.0 Å². The van der Waals surface area contributed by atoms with Crippen LogP contribution < -0.4 is 5.43 Å². The first-order valence-electron chi connectivity index (χ1n) is 6.81. The van der Waals surface area contributed by atoms with E-state index in [-0.39, 0.29) is 5.43 Å². The Balaban J connectivity index is 1.92. The molecule has 108 valence electrons. The summed E-state index contributed by atoms with van der Waals surface area (Å²) in [6, 6.07) is 10.7. The fraction of sp³-hybridized carbons (Fsp3) is 0.0588. The molecule has 0 amide bonds. The topological polar surface area (TPSA) is 48.0 Å². The number of hydrogen-bond acceptors (Lipinski definition) is 3. The number of rotatable bonds is 2. The standard InChI is InChI=1S/C17H11ClN2O2/c18-12-2-3-13-16(8-12)22-15-4-1-11(7-14(15)17(13)21)9-20-6-5-19-10-20/h1-8,10H,9H2. The first-order chi connectivity index (χ1) is 10.7. The molecule has 4 aromatic rings. The van der Waals surface area contributed by atoms with Crippen LogP contribution in [0.5, 0.6) is 0 Å². The molecule has 2 aromatic carbocycles. The van der Waals surface area contributed by atoms with Gasteiger partial charge in [-0.2, -0.15) is 0 Å². The van der Waals surface area contributed by atoms with Crippen molar-refractivity contribution < 1.29 is 4.42 Å². The average molecular weight is 311 g/mol. The van der Waals surface area contributed by atoms with Gasteiger partial charge < -0.3 is 8.98 Å². The molecule has 0 atom stereocenters. The van der Waals surface area contributed by atoms with Crippen LogP contribution in [0.4, 0.5) is 0 Å². The van der Waals surface area contributed by atoms with Crippen molar-refractivity contribution in [1.29, 1.82) is 0 Å². The summed E-state index contributed by atoms with van der Waals surface area (Å²) in [5.41, 5.74) is 2.05. The minimum atomic E-state index is -0.0413. The molecule has 0 saturated heterocycles. The summed E-state index contributed by atoms with van der Waals surface area (Å²) in [7, 11) is 0. The zero-order chi connectivity index (χ0) is 15.1. The summed E-state index contributed by atoms with van der Waals surface area (Å²) in [6.45, 7) is 0.661. The highest BCUT2D eigenvalue weighted by Gasteiger charge is 2.09. The number of benzene rings is 2. The smallest absolute Gasteiger partial charge is 0.200 e. The third-order valence-electron chi connectivity index (χ3n) is 3.62. The van der Waals surface area contributed by atoms with Crippen LogP contribution in [0.25, 0.3) is 21.9 Å². The zero-order valence-corrected chi connectivity index (χ0v) is 12.2. The highest BCUT2D eigenvalue weighted by Crippen LogP contribution is 2.22. The molecule has 0 unspecified atom stereocenters. The molecule has 0 saturated carbocycles. The van der Waals surface area contributed by atoms with Gasteiger partial charge in [-0.05, 0) is 29.8 Å². The highest BCUT2D eigenvalue weighted by atomic mass is 35.5. The molecule has 2 aromatic heterocycles. The predicted molar refractivity (Wildman–Crippen MR) is 86.3 cm³/mol. The summed E-state index contributed by atoms with van der Waals surface area (Å²) in [5.74, 6) is 0. The number of aromatic nitrogens is 2. The summed E-state index contributed by atoms with van der Waals surface area (Å²) in [4.78, 5) is 16.6. The van der Waals surface area contributed by atoms with Crippen LogP contribution in [0, 0.1) is 0 Å². The van der Waals surface area contributed by atoms with Crippen molar-refractivity contribution in [3.8, 4) is 0 Å². The van der Waals surface area contributed by atoms with Crippen molar-refractivity contribution in [2.75, 3.05) is 0 Å². The molecule has 0 radical (unpaired) electrons. The van der Waals surface area contributed by atoms with E-state index in [0.717, 1.165) is 5.56 Å². The summed E-state index contributed by atoms with van der Waals surface area (Å²) < 4.78 is 7.74. The van der Waals surface area contributed by atoms with Crippen LogP contribution in [-0.2, 0) is 6.54 Å². The molecule has 0 fully saturated rings. The Labute approximate surface area is 130 Å². The first-order valence-corrected chi connectivity index (χ1v) is 7.19. The fourth-order valence-corrected chi connectivity index (χ4v) is 2.73. The van der Waals surface area contributed by atoms with E-state index in [0.29, 0.717) is 33.5 Å². The molecular formula is C17H11ClN2O2. The third kappa shape index (κ3) is 2.18. The van der Waals surface area contributed by atoms with E-state index < -0.39 is 0 Å². The molecule has 22 heavy (non-hydrogen) atoms. The van der Waals surface area contributed by atoms with Crippen molar-refractivity contribution in [3.63, 3.8) is 0 Å². The Hall–Kier alpha value is -2.59. The van der Waals surface area contributed by atoms with Gasteiger partial charge in [-0.3, -0.25) is 4.79 Å². The van der Waals surface area contributed by atoms with Crippen molar-refractivity contribution >= 4 is 33.5 Å². The normalized spacial score (nSPS) is 11.3. The SMILES string of the molecule is O=c1c2ccc(Cl)cc2oc2ccc(Cn3ccnc3)cc12. The van der Waals surface area contributed by atoms with Crippen LogP contribution >= 0.6 is 11.6 Å². The number of fused-ring (bicyclic) bond motifs is 2. The lowest BCUT2D eigenvalue weighted by molar-refractivity contribution is 0.659. The van der Waals surface area contributed by atoms with Crippen LogP contribution in [-0.4, -0.2) is 9.55 Å². The van der Waals surface area contributed by atoms with E-state index in [1.807, 2.05) is 29.0 Å². The molecular weight excluding hydrogens is 300 g/mol. The van der Waals surface area contributed by atoms with Gasteiger partial charge in [-0.1, -0.05) is 17.7 Å². The summed E-state index contributed by atoms with van der Waals surface area (Å²) in [5, 5.41) is 1.66. The Bertz CT molecular complexity index is 1040. The zero-order valence-electron chi connectivity index (χ0n) is 11.5. The molecule has 0 spiro atoms. The molecule has 2 heterocycles. The molecule has 0 aliphatic heterocycles. The van der Waals surface area contributed by atoms with Crippen LogP contribution in [0.3, 0.4) is 0 Å². The van der Waals surface area contributed by atoms with Crippen LogP contribution in [0.1, 0.15) is 5.56 Å². The largest absolute Gasteiger partial charge is 0.456 e. The predicted octanol–water partition coefficient (Wildman–Crippen LogP) is 3.84. The molecule has 0 bridgehead atoms. The van der Waals surface area contributed by atoms with Gasteiger partial charge in [0.1, 0.15) is 11.2 Å². The Morgan fingerprint density at radius 2 is 2.00 bits per heavy atom. The molecule has 4 rings (SSSR count). The highest BCUT2D eigenvalue weighted by molar-refractivity contribution is 6.31. The quantitative estimate of drug-likeness (QED) is 0.528. The minimum absolute atomic E-state index is 0.0413. The third-order valence-corrected chi connectivity index (χ3v) is 3.86. The van der Waals surface area contributed by atoms with E-state index in [1.54, 1.807) is 30.7 Å². The molecule has 0 aliphatic carbocycles. The Morgan fingerprint density at radius 3 is 2.82 bits per heavy atom. The average Bonchev–Trinajstić information content (AvgIpc) is 3.01. The fourth-order valence-electron chi connectivity index (χ4n) is 2.56. The van der Waals surface area contributed by atoms with Crippen LogP contribution in [0.15, 0.2) is 64.3 Å². The second kappa shape index (κ2) is 5.00. The van der Waals surface area contributed by atoms with Gasteiger partial charge in [-0.25, -0.2) is 4.98 Å². The van der Waals surface area contributed by atoms with Gasteiger partial charge in [0.2, 0.25) is 5.43 Å². The molecule has 0 aliphatic rings. The monoisotopic (exact) mass is 310 g/mol. The number of imidazole rings is 1. The van der Waals surface area contributed by atoms with E-state index in [2.05, 4.69) is 4.98 Å². The maximum atomic E-state index is 12.6. The van der Waals surface area contributed by atoms with Crippen molar-refractivity contribution in [2.24, 2.45) is 0 Å². The minimum Gasteiger partial charge on any atom is -0.456 e. The summed E-state index contributed by atoms with van der Waals surface area (Å²) >= 11 is 5.96. The number of nitrogens with zero attached hydrogens (tertiary/aromatic N) is 2. The van der Waals surface area contributed by atoms with Gasteiger partial charge >= 0.3 is 0 Å². The van der Waals surface area contributed by atoms with Crippen molar-refractivity contribution in [2.45, 2.75) is 6.54 Å². The van der Waals surface area contributed by atoms with E-state index in [9.17, 15) is 4.79 Å². The maximum Gasteiger partial charge on any atom is 0.200 e. The van der Waals surface area contributed by atoms with E-state index in [1.165, 1.54) is 0 Å². The summed E-state index contributed by atoms with van der Waals surface area (Å²) in [6.07, 6.45) is 5.36. The van der Waals surface area contributed by atoms with Crippen molar-refractivity contribution in [3.05, 3.63) is 75.9 Å².